The Kier molecular flexibility index (Phi) is 6.81. The van der Waals surface area contributed by atoms with Crippen LogP contribution in [0, 0.1) is 0 Å². The summed E-state index contributed by atoms with van der Waals surface area (Å²) in [6.45, 7) is 2.44. The normalized spacial score (nSPS) is 18.8. The molecule has 0 radical (unpaired) electrons. The molecule has 0 saturated carbocycles. The van der Waals surface area contributed by atoms with E-state index < -0.39 is 11.3 Å². The summed E-state index contributed by atoms with van der Waals surface area (Å²) in [4.78, 5) is 37.4. The smallest absolute Gasteiger partial charge is 0.365 e. The molecule has 0 bridgehead atoms. The van der Waals surface area contributed by atoms with Crippen LogP contribution in [0.2, 0.25) is 0 Å². The van der Waals surface area contributed by atoms with Crippen LogP contribution in [0.1, 0.15) is 18.9 Å². The van der Waals surface area contributed by atoms with Gasteiger partial charge in [0.05, 0.1) is 17.6 Å². The van der Waals surface area contributed by atoms with Gasteiger partial charge in [-0.3, -0.25) is 14.5 Å². The number of imide groups is 1. The van der Waals surface area contributed by atoms with E-state index in [1.165, 1.54) is 16.7 Å². The van der Waals surface area contributed by atoms with Crippen LogP contribution in [-0.2, 0) is 25.5 Å². The molecule has 2 amide bonds. The molecule has 1 heterocycles. The Morgan fingerprint density at radius 2 is 2.08 bits per heavy atom. The molecule has 3 N–H and O–H groups in total. The molecular formula is C17H23N2O4S+. The molecule has 1 saturated heterocycles. The largest absolute Gasteiger partial charge is 0.462 e. The van der Waals surface area contributed by atoms with Gasteiger partial charge in [-0.25, -0.2) is 4.79 Å². The van der Waals surface area contributed by atoms with Crippen molar-refractivity contribution in [3.05, 3.63) is 35.9 Å². The zero-order chi connectivity index (χ0) is 17.5. The fraction of sp³-hybridized carbons (Fsp3) is 0.471. The first-order chi connectivity index (χ1) is 11.5. The molecule has 1 aliphatic heterocycles. The molecule has 0 aromatic heterocycles. The maximum absolute atomic E-state index is 12.4. The molecule has 0 unspecified atom stereocenters. The molecule has 7 heteroatoms. The minimum atomic E-state index is -0.531. The van der Waals surface area contributed by atoms with Gasteiger partial charge in [-0.15, -0.1) is 11.8 Å². The maximum atomic E-state index is 12.4. The van der Waals surface area contributed by atoms with Gasteiger partial charge in [0, 0.05) is 13.0 Å². The number of esters is 1. The molecule has 0 aliphatic carbocycles. The van der Waals surface area contributed by atoms with E-state index in [2.05, 4.69) is 5.73 Å². The van der Waals surface area contributed by atoms with Crippen LogP contribution in [0.3, 0.4) is 0 Å². The number of carbonyl (C=O) groups is 3. The maximum Gasteiger partial charge on any atom is 0.365 e. The number of benzene rings is 1. The van der Waals surface area contributed by atoms with Crippen molar-refractivity contribution in [1.29, 1.82) is 0 Å². The second kappa shape index (κ2) is 8.84. The summed E-state index contributed by atoms with van der Waals surface area (Å²) < 4.78 is 4.90. The summed E-state index contributed by atoms with van der Waals surface area (Å²) in [7, 11) is 0. The number of amides is 2. The van der Waals surface area contributed by atoms with E-state index in [1.54, 1.807) is 6.92 Å². The Morgan fingerprint density at radius 3 is 2.75 bits per heavy atom. The Bertz CT molecular complexity index is 594. The summed E-state index contributed by atoms with van der Waals surface area (Å²) in [6, 6.07) is 9.22. The zero-order valence-electron chi connectivity index (χ0n) is 13.8. The molecule has 1 aromatic rings. The van der Waals surface area contributed by atoms with Gasteiger partial charge in [-0.1, -0.05) is 30.3 Å². The van der Waals surface area contributed by atoms with Gasteiger partial charge in [0.15, 0.2) is 6.04 Å². The monoisotopic (exact) mass is 351 g/mol. The van der Waals surface area contributed by atoms with Crippen molar-refractivity contribution in [2.45, 2.75) is 31.1 Å². The van der Waals surface area contributed by atoms with Crippen LogP contribution in [-0.4, -0.2) is 52.9 Å². The van der Waals surface area contributed by atoms with Crippen LogP contribution < -0.4 is 5.73 Å². The van der Waals surface area contributed by atoms with E-state index in [4.69, 9.17) is 4.74 Å². The minimum absolute atomic E-state index is 0.148. The number of thioether (sulfide) groups is 1. The quantitative estimate of drug-likeness (QED) is 0.536. The van der Waals surface area contributed by atoms with E-state index in [9.17, 15) is 14.4 Å². The summed E-state index contributed by atoms with van der Waals surface area (Å²) in [5, 5.41) is -0.424. The number of hydrogen-bond acceptors (Lipinski definition) is 5. The second-order valence-corrected chi connectivity index (χ2v) is 6.83. The topological polar surface area (TPSA) is 91.3 Å². The van der Waals surface area contributed by atoms with E-state index in [0.717, 1.165) is 5.56 Å². The molecule has 1 aliphatic rings. The SMILES string of the molecule is CCOC(=O)[C@@H]([NH3+])CS[C@@H]1CC(=O)N(CCc2ccccc2)C1=O. The van der Waals surface area contributed by atoms with Gasteiger partial charge in [0.1, 0.15) is 0 Å². The number of carbonyl (C=O) groups excluding carboxylic acids is 3. The molecule has 0 spiro atoms. The van der Waals surface area contributed by atoms with Gasteiger partial charge in [-0.05, 0) is 18.9 Å². The van der Waals surface area contributed by atoms with Crippen LogP contribution >= 0.6 is 11.8 Å². The van der Waals surface area contributed by atoms with Crippen molar-refractivity contribution in [3.8, 4) is 0 Å². The lowest BCUT2D eigenvalue weighted by atomic mass is 10.1. The first-order valence-electron chi connectivity index (χ1n) is 8.02. The zero-order valence-corrected chi connectivity index (χ0v) is 14.6. The molecule has 6 nitrogen and oxygen atoms in total. The lowest BCUT2D eigenvalue weighted by Gasteiger charge is -2.15. The van der Waals surface area contributed by atoms with Gasteiger partial charge in [0.25, 0.3) is 0 Å². The van der Waals surface area contributed by atoms with Crippen molar-refractivity contribution in [2.75, 3.05) is 18.9 Å². The number of likely N-dealkylation sites (tertiary alicyclic amines) is 1. The summed E-state index contributed by atoms with van der Waals surface area (Å²) >= 11 is 1.31. The third-order valence-corrected chi connectivity index (χ3v) is 5.15. The fourth-order valence-corrected chi connectivity index (χ4v) is 3.59. The number of quaternary nitrogens is 1. The van der Waals surface area contributed by atoms with Crippen molar-refractivity contribution >= 4 is 29.5 Å². The van der Waals surface area contributed by atoms with Crippen LogP contribution in [0.5, 0.6) is 0 Å². The first-order valence-corrected chi connectivity index (χ1v) is 9.07. The van der Waals surface area contributed by atoms with Crippen molar-refractivity contribution in [1.82, 2.24) is 4.90 Å². The third kappa shape index (κ3) is 4.82. The lowest BCUT2D eigenvalue weighted by molar-refractivity contribution is -0.401. The van der Waals surface area contributed by atoms with E-state index in [0.29, 0.717) is 25.3 Å². The molecule has 1 fully saturated rings. The Hall–Kier alpha value is -1.86. The number of nitrogens with zero attached hydrogens (tertiary/aromatic N) is 1. The van der Waals surface area contributed by atoms with Gasteiger partial charge < -0.3 is 10.5 Å². The van der Waals surface area contributed by atoms with Crippen molar-refractivity contribution in [2.24, 2.45) is 0 Å². The molecular weight excluding hydrogens is 328 g/mol. The Balaban J connectivity index is 1.83. The number of ether oxygens (including phenoxy) is 1. The fourth-order valence-electron chi connectivity index (χ4n) is 2.46. The molecule has 1 aromatic carbocycles. The van der Waals surface area contributed by atoms with E-state index in [1.807, 2.05) is 30.3 Å². The van der Waals surface area contributed by atoms with Gasteiger partial charge in [0.2, 0.25) is 11.8 Å². The standard InChI is InChI=1S/C17H22N2O4S/c1-2-23-17(22)13(18)11-24-14-10-15(20)19(16(14)21)9-8-12-6-4-3-5-7-12/h3-7,13-14H,2,8-11,18H2,1H3/p+1/t13-,14+/m0/s1. The van der Waals surface area contributed by atoms with E-state index in [-0.39, 0.29) is 24.2 Å². The summed E-state index contributed by atoms with van der Waals surface area (Å²) in [5.41, 5.74) is 4.84. The third-order valence-electron chi connectivity index (χ3n) is 3.79. The predicted octanol–water partition coefficient (Wildman–Crippen LogP) is 0.263. The van der Waals surface area contributed by atoms with Crippen molar-refractivity contribution in [3.63, 3.8) is 0 Å². The molecule has 2 atom stereocenters. The molecule has 24 heavy (non-hydrogen) atoms. The highest BCUT2D eigenvalue weighted by molar-refractivity contribution is 8.00. The first kappa shape index (κ1) is 18.5. The highest BCUT2D eigenvalue weighted by Crippen LogP contribution is 2.25. The van der Waals surface area contributed by atoms with Gasteiger partial charge in [-0.2, -0.15) is 0 Å². The van der Waals surface area contributed by atoms with Crippen LogP contribution in [0.25, 0.3) is 0 Å². The highest BCUT2D eigenvalue weighted by atomic mass is 32.2. The Labute approximate surface area is 145 Å². The predicted molar refractivity (Wildman–Crippen MR) is 91.0 cm³/mol. The molecule has 130 valence electrons. The highest BCUT2D eigenvalue weighted by Gasteiger charge is 2.39. The average molecular weight is 351 g/mol. The summed E-state index contributed by atoms with van der Waals surface area (Å²) in [5.74, 6) is -0.320. The lowest BCUT2D eigenvalue weighted by Crippen LogP contribution is -2.66. The number of rotatable bonds is 8. The van der Waals surface area contributed by atoms with E-state index >= 15 is 0 Å². The van der Waals surface area contributed by atoms with Crippen LogP contribution in [0.15, 0.2) is 30.3 Å². The van der Waals surface area contributed by atoms with Crippen molar-refractivity contribution < 1.29 is 24.9 Å². The average Bonchev–Trinajstić information content (AvgIpc) is 2.85. The minimum Gasteiger partial charge on any atom is -0.462 e. The number of hydrogen-bond donors (Lipinski definition) is 1. The van der Waals surface area contributed by atoms with Crippen LogP contribution in [0.4, 0.5) is 0 Å². The molecule has 2 rings (SSSR count). The summed E-state index contributed by atoms with van der Waals surface area (Å²) in [6.07, 6.45) is 0.838. The van der Waals surface area contributed by atoms with Gasteiger partial charge >= 0.3 is 5.97 Å². The Morgan fingerprint density at radius 1 is 1.38 bits per heavy atom. The second-order valence-electron chi connectivity index (χ2n) is 5.59.